The molecule has 0 saturated heterocycles. The van der Waals surface area contributed by atoms with Crippen LogP contribution in [0.4, 0.5) is 0 Å². The first-order valence-corrected chi connectivity index (χ1v) is 14.1. The molecule has 1 aromatic heterocycles. The van der Waals surface area contributed by atoms with Gasteiger partial charge < -0.3 is 24.8 Å². The summed E-state index contributed by atoms with van der Waals surface area (Å²) in [5.41, 5.74) is 1.24. The van der Waals surface area contributed by atoms with Gasteiger partial charge in [0.25, 0.3) is 27.7 Å². The summed E-state index contributed by atoms with van der Waals surface area (Å²) in [4.78, 5) is 40.9. The van der Waals surface area contributed by atoms with Crippen LogP contribution >= 0.6 is 0 Å². The summed E-state index contributed by atoms with van der Waals surface area (Å²) in [5, 5.41) is 5.43. The average Bonchev–Trinajstić information content (AvgIpc) is 2.98. The van der Waals surface area contributed by atoms with Crippen molar-refractivity contribution in [3.63, 3.8) is 0 Å². The van der Waals surface area contributed by atoms with Gasteiger partial charge in [0.05, 0.1) is 31.3 Å². The number of nitrogens with zero attached hydrogens (tertiary/aromatic N) is 1. The highest BCUT2D eigenvalue weighted by molar-refractivity contribution is 7.90. The number of rotatable bonds is 14. The second-order valence-corrected chi connectivity index (χ2v) is 10.2. The van der Waals surface area contributed by atoms with E-state index in [9.17, 15) is 22.8 Å². The number of carbonyl (C=O) groups excluding carboxylic acids is 3. The van der Waals surface area contributed by atoms with E-state index in [2.05, 4.69) is 15.6 Å². The lowest BCUT2D eigenvalue weighted by Crippen LogP contribution is -2.31. The van der Waals surface area contributed by atoms with Crippen LogP contribution in [0.15, 0.2) is 65.7 Å². The average molecular weight is 585 g/mol. The zero-order valence-corrected chi connectivity index (χ0v) is 23.7. The fourth-order valence-electron chi connectivity index (χ4n) is 3.61. The monoisotopic (exact) mass is 584 g/mol. The molecular weight excluding hydrogens is 552 g/mol. The van der Waals surface area contributed by atoms with E-state index in [1.54, 1.807) is 30.3 Å². The van der Waals surface area contributed by atoms with Gasteiger partial charge in [-0.1, -0.05) is 12.1 Å². The maximum atomic E-state index is 12.7. The summed E-state index contributed by atoms with van der Waals surface area (Å²) in [6, 6.07) is 13.4. The maximum Gasteiger partial charge on any atom is 0.269 e. The van der Waals surface area contributed by atoms with Crippen molar-refractivity contribution in [1.29, 1.82) is 0 Å². The predicted octanol–water partition coefficient (Wildman–Crippen LogP) is 1.96. The number of carbonyl (C=O) groups is 3. The van der Waals surface area contributed by atoms with Gasteiger partial charge >= 0.3 is 0 Å². The lowest BCUT2D eigenvalue weighted by molar-refractivity contribution is 0.0914. The Kier molecular flexibility index (Phi) is 11.2. The van der Waals surface area contributed by atoms with Crippen LogP contribution in [0.2, 0.25) is 0 Å². The van der Waals surface area contributed by atoms with Gasteiger partial charge in [-0.3, -0.25) is 19.4 Å². The molecule has 0 bridgehead atoms. The van der Waals surface area contributed by atoms with Crippen LogP contribution < -0.4 is 24.8 Å². The Labute approximate surface area is 238 Å². The number of hydrogen-bond acceptors (Lipinski definition) is 9. The molecule has 2 aromatic carbocycles. The van der Waals surface area contributed by atoms with Crippen molar-refractivity contribution in [2.24, 2.45) is 0 Å². The van der Waals surface area contributed by atoms with Crippen molar-refractivity contribution in [1.82, 2.24) is 20.3 Å². The molecule has 0 aliphatic carbocycles. The van der Waals surface area contributed by atoms with Crippen LogP contribution in [-0.2, 0) is 21.2 Å². The van der Waals surface area contributed by atoms with Crippen molar-refractivity contribution in [2.45, 2.75) is 18.2 Å². The fourth-order valence-corrected chi connectivity index (χ4v) is 4.58. The highest BCUT2D eigenvalue weighted by atomic mass is 32.2. The van der Waals surface area contributed by atoms with Crippen molar-refractivity contribution < 1.29 is 37.0 Å². The van der Waals surface area contributed by atoms with Crippen LogP contribution in [0.5, 0.6) is 11.5 Å². The molecule has 3 aromatic rings. The van der Waals surface area contributed by atoms with E-state index >= 15 is 0 Å². The number of aromatic nitrogens is 1. The molecule has 1 heterocycles. The summed E-state index contributed by atoms with van der Waals surface area (Å²) < 4.78 is 43.0. The Morgan fingerprint density at radius 1 is 0.805 bits per heavy atom. The number of pyridine rings is 1. The molecule has 12 nitrogen and oxygen atoms in total. The van der Waals surface area contributed by atoms with Gasteiger partial charge in [-0.05, 0) is 61.4 Å². The largest absolute Gasteiger partial charge is 0.493 e. The standard InChI is InChI=1S/C28H32N4O8S/c1-4-40-16-15-30-28(35)23-11-7-21(18-31-23)27(34)32-41(36,37)22-9-5-19(6-10-22)13-14-29-26(33)20-8-12-24(38-2)25(17-20)39-3/h5-12,17-18H,4,13-16H2,1-3H3,(H,29,33)(H,30,35)(H,32,34). The molecule has 0 aliphatic rings. The van der Waals surface area contributed by atoms with Gasteiger partial charge in [0, 0.05) is 31.5 Å². The van der Waals surface area contributed by atoms with E-state index in [4.69, 9.17) is 14.2 Å². The zero-order chi connectivity index (χ0) is 29.8. The summed E-state index contributed by atoms with van der Waals surface area (Å²) in [6.07, 6.45) is 1.57. The second-order valence-electron chi connectivity index (χ2n) is 8.54. The molecule has 0 saturated carbocycles. The quantitative estimate of drug-likeness (QED) is 0.241. The van der Waals surface area contributed by atoms with Crippen LogP contribution in [0.1, 0.15) is 43.7 Å². The Balaban J connectivity index is 1.52. The number of nitrogens with one attached hydrogen (secondary N) is 3. The smallest absolute Gasteiger partial charge is 0.269 e. The van der Waals surface area contributed by atoms with E-state index in [1.807, 2.05) is 11.6 Å². The van der Waals surface area contributed by atoms with Gasteiger partial charge in [-0.15, -0.1) is 0 Å². The van der Waals surface area contributed by atoms with Crippen LogP contribution in [0, 0.1) is 0 Å². The molecule has 3 N–H and O–H groups in total. The molecule has 3 amide bonds. The van der Waals surface area contributed by atoms with Gasteiger partial charge in [0.2, 0.25) is 0 Å². The van der Waals surface area contributed by atoms with Crippen molar-refractivity contribution in [3.8, 4) is 11.5 Å². The molecule has 13 heteroatoms. The SMILES string of the molecule is CCOCCNC(=O)c1ccc(C(=O)NS(=O)(=O)c2ccc(CCNC(=O)c3ccc(OC)c(OC)c3)cc2)cn1. The molecule has 0 fully saturated rings. The maximum absolute atomic E-state index is 12.7. The van der Waals surface area contributed by atoms with E-state index in [-0.39, 0.29) is 22.1 Å². The normalized spacial score (nSPS) is 10.9. The third kappa shape index (κ3) is 8.75. The third-order valence-electron chi connectivity index (χ3n) is 5.80. The van der Waals surface area contributed by atoms with Crippen LogP contribution in [0.25, 0.3) is 0 Å². The van der Waals surface area contributed by atoms with Crippen molar-refractivity contribution in [3.05, 3.63) is 83.2 Å². The minimum Gasteiger partial charge on any atom is -0.493 e. The lowest BCUT2D eigenvalue weighted by atomic mass is 10.1. The highest BCUT2D eigenvalue weighted by Gasteiger charge is 2.19. The molecular formula is C28H32N4O8S. The number of benzene rings is 2. The third-order valence-corrected chi connectivity index (χ3v) is 7.15. The Bertz CT molecular complexity index is 1460. The molecule has 0 radical (unpaired) electrons. The van der Waals surface area contributed by atoms with Gasteiger partial charge in [0.1, 0.15) is 5.69 Å². The van der Waals surface area contributed by atoms with E-state index in [1.165, 1.54) is 38.5 Å². The first-order chi connectivity index (χ1) is 19.7. The minimum atomic E-state index is -4.16. The first kappa shape index (κ1) is 31.0. The second kappa shape index (κ2) is 14.8. The number of ether oxygens (including phenoxy) is 3. The van der Waals surface area contributed by atoms with Crippen molar-refractivity contribution >= 4 is 27.7 Å². The first-order valence-electron chi connectivity index (χ1n) is 12.7. The summed E-state index contributed by atoms with van der Waals surface area (Å²) in [6.45, 7) is 3.35. The number of sulfonamides is 1. The molecule has 0 atom stereocenters. The van der Waals surface area contributed by atoms with Crippen LogP contribution in [0.3, 0.4) is 0 Å². The van der Waals surface area contributed by atoms with Crippen molar-refractivity contribution in [2.75, 3.05) is 40.5 Å². The van der Waals surface area contributed by atoms with E-state index in [0.29, 0.717) is 49.8 Å². The van der Waals surface area contributed by atoms with Gasteiger partial charge in [0.15, 0.2) is 11.5 Å². The number of methoxy groups -OCH3 is 2. The predicted molar refractivity (Wildman–Crippen MR) is 150 cm³/mol. The molecule has 0 unspecified atom stereocenters. The molecule has 0 aliphatic heterocycles. The topological polar surface area (TPSA) is 162 Å². The lowest BCUT2D eigenvalue weighted by Gasteiger charge is -2.10. The number of hydrogen-bond donors (Lipinski definition) is 3. The fraction of sp³-hybridized carbons (Fsp3) is 0.286. The molecule has 218 valence electrons. The van der Waals surface area contributed by atoms with Crippen LogP contribution in [-0.4, -0.2) is 71.6 Å². The van der Waals surface area contributed by atoms with E-state index < -0.39 is 21.8 Å². The van der Waals surface area contributed by atoms with Gasteiger partial charge in [-0.2, -0.15) is 0 Å². The van der Waals surface area contributed by atoms with Gasteiger partial charge in [-0.25, -0.2) is 13.1 Å². The Morgan fingerprint density at radius 3 is 2.12 bits per heavy atom. The summed E-state index contributed by atoms with van der Waals surface area (Å²) >= 11 is 0. The molecule has 41 heavy (non-hydrogen) atoms. The minimum absolute atomic E-state index is 0.0266. The Morgan fingerprint density at radius 2 is 1.49 bits per heavy atom. The Hall–Kier alpha value is -4.49. The zero-order valence-electron chi connectivity index (χ0n) is 22.9. The molecule has 0 spiro atoms. The highest BCUT2D eigenvalue weighted by Crippen LogP contribution is 2.27. The molecule has 3 rings (SSSR count). The van der Waals surface area contributed by atoms with E-state index in [0.717, 1.165) is 11.8 Å². The summed E-state index contributed by atoms with van der Waals surface area (Å²) in [7, 11) is -1.17. The summed E-state index contributed by atoms with van der Waals surface area (Å²) in [5.74, 6) is -0.669. The number of amides is 3.